The van der Waals surface area contributed by atoms with Gasteiger partial charge in [0.25, 0.3) is 0 Å². The largest absolute Gasteiger partial charge is 0.308 e. The molecule has 0 aliphatic rings. The minimum absolute atomic E-state index is 0.366. The van der Waals surface area contributed by atoms with Crippen LogP contribution in [0, 0.1) is 117 Å². The first-order valence-corrected chi connectivity index (χ1v) is 27.5. The quantitative estimate of drug-likeness (QED) is 0.159. The Hall–Kier alpha value is -9.73. The Bertz CT molecular complexity index is 4200. The van der Waals surface area contributed by atoms with Crippen molar-refractivity contribution in [3.05, 3.63) is 235 Å². The molecule has 0 aliphatic carbocycles. The van der Waals surface area contributed by atoms with E-state index in [1.54, 1.807) is 6.07 Å². The Labute approximate surface area is 469 Å². The summed E-state index contributed by atoms with van der Waals surface area (Å²) in [6.45, 7) is 26.1. The molecule has 12 aromatic rings. The highest BCUT2D eigenvalue weighted by atomic mass is 15.0. The molecule has 12 rings (SSSR count). The second-order valence-corrected chi connectivity index (χ2v) is 22.7. The zero-order valence-corrected chi connectivity index (χ0v) is 47.7. The molecule has 0 amide bonds. The summed E-state index contributed by atoms with van der Waals surface area (Å²) >= 11 is 0. The third-order valence-electron chi connectivity index (χ3n) is 16.6. The van der Waals surface area contributed by atoms with Crippen molar-refractivity contribution >= 4 is 43.6 Å². The van der Waals surface area contributed by atoms with Gasteiger partial charge in [0.05, 0.1) is 68.3 Å². The lowest BCUT2D eigenvalue weighted by atomic mass is 9.92. The molecule has 0 saturated heterocycles. The molecule has 5 heteroatoms. The number of aromatic nitrogens is 2. The van der Waals surface area contributed by atoms with Crippen LogP contribution in [0.2, 0.25) is 0 Å². The van der Waals surface area contributed by atoms with Gasteiger partial charge in [0.2, 0.25) is 0 Å². The topological polar surface area (TPSA) is 81.2 Å². The number of aryl methyl sites for hydroxylation is 12. The maximum atomic E-state index is 11.5. The van der Waals surface area contributed by atoms with E-state index in [1.807, 2.05) is 24.3 Å². The summed E-state index contributed by atoms with van der Waals surface area (Å²) in [6, 6.07) is 62.2. The van der Waals surface area contributed by atoms with E-state index in [4.69, 9.17) is 0 Å². The summed E-state index contributed by atoms with van der Waals surface area (Å²) in [4.78, 5) is 0. The number of hydrogen-bond acceptors (Lipinski definition) is 3. The van der Waals surface area contributed by atoms with Gasteiger partial charge >= 0.3 is 0 Å². The van der Waals surface area contributed by atoms with Crippen LogP contribution in [0.1, 0.15) is 83.5 Å². The molecule has 0 aliphatic heterocycles. The molecule has 0 bridgehead atoms. The molecular weight excluding hydrogens is 971 g/mol. The van der Waals surface area contributed by atoms with Crippen LogP contribution in [0.4, 0.5) is 0 Å². The third kappa shape index (κ3) is 8.36. The minimum atomic E-state index is 0.366. The van der Waals surface area contributed by atoms with E-state index in [-0.39, 0.29) is 0 Å². The highest BCUT2D eigenvalue weighted by Gasteiger charge is 2.26. The van der Waals surface area contributed by atoms with Crippen molar-refractivity contribution in [1.82, 2.24) is 9.13 Å². The Kier molecular flexibility index (Phi) is 12.3. The zero-order valence-electron chi connectivity index (χ0n) is 47.7. The second kappa shape index (κ2) is 19.3. The molecule has 0 spiro atoms. The summed E-state index contributed by atoms with van der Waals surface area (Å²) in [7, 11) is 0. The van der Waals surface area contributed by atoms with Crippen LogP contribution < -0.4 is 0 Å². The van der Waals surface area contributed by atoms with Crippen LogP contribution in [0.3, 0.4) is 0 Å². The van der Waals surface area contributed by atoms with Gasteiger partial charge in [0.15, 0.2) is 0 Å². The van der Waals surface area contributed by atoms with Gasteiger partial charge in [-0.3, -0.25) is 0 Å². The van der Waals surface area contributed by atoms with Crippen molar-refractivity contribution < 1.29 is 0 Å². The van der Waals surface area contributed by atoms with Crippen LogP contribution in [-0.4, -0.2) is 9.13 Å². The number of nitrogens with zero attached hydrogens (tertiary/aromatic N) is 5. The number of fused-ring (bicyclic) bond motifs is 6. The molecule has 5 nitrogen and oxygen atoms in total. The van der Waals surface area contributed by atoms with E-state index in [0.29, 0.717) is 22.3 Å². The van der Waals surface area contributed by atoms with Crippen LogP contribution in [-0.2, 0) is 0 Å². The van der Waals surface area contributed by atoms with Gasteiger partial charge < -0.3 is 9.13 Å². The molecule has 0 saturated carbocycles. The number of rotatable bonds is 7. The Morgan fingerprint density at radius 2 is 0.487 bits per heavy atom. The molecule has 80 heavy (non-hydrogen) atoms. The molecule has 2 aromatic heterocycles. The van der Waals surface area contributed by atoms with E-state index in [9.17, 15) is 15.8 Å². The number of hydrogen-bond donors (Lipinski definition) is 0. The van der Waals surface area contributed by atoms with Gasteiger partial charge in [-0.1, -0.05) is 119 Å². The maximum absolute atomic E-state index is 11.5. The first-order valence-electron chi connectivity index (χ1n) is 27.5. The molecular formula is C75H61N5. The number of benzene rings is 10. The van der Waals surface area contributed by atoms with Crippen LogP contribution in [0.5, 0.6) is 0 Å². The summed E-state index contributed by atoms with van der Waals surface area (Å²) in [6.07, 6.45) is 0. The monoisotopic (exact) mass is 1030 g/mol. The van der Waals surface area contributed by atoms with Gasteiger partial charge in [-0.05, 0) is 232 Å². The highest BCUT2D eigenvalue weighted by Crippen LogP contribution is 2.47. The van der Waals surface area contributed by atoms with E-state index < -0.39 is 0 Å². The molecule has 386 valence electrons. The lowest BCUT2D eigenvalue weighted by Crippen LogP contribution is -2.06. The fraction of sp³-hybridized carbons (Fsp3) is 0.160. The maximum Gasteiger partial charge on any atom is 0.0993 e. The normalized spacial score (nSPS) is 11.5. The fourth-order valence-corrected chi connectivity index (χ4v) is 13.9. The Balaban J connectivity index is 1.30. The zero-order chi connectivity index (χ0) is 56.2. The molecule has 0 atom stereocenters. The summed E-state index contributed by atoms with van der Waals surface area (Å²) < 4.78 is 4.70. The molecule has 0 N–H and O–H groups in total. The predicted octanol–water partition coefficient (Wildman–Crippen LogP) is 19.5. The fourth-order valence-electron chi connectivity index (χ4n) is 13.9. The van der Waals surface area contributed by atoms with Crippen molar-refractivity contribution in [3.8, 4) is 85.2 Å². The average Bonchev–Trinajstić information content (AvgIpc) is 3.91. The lowest BCUT2D eigenvalue weighted by Gasteiger charge is -2.22. The van der Waals surface area contributed by atoms with Crippen molar-refractivity contribution in [2.24, 2.45) is 0 Å². The highest BCUT2D eigenvalue weighted by molar-refractivity contribution is 6.14. The molecule has 2 heterocycles. The smallest absolute Gasteiger partial charge is 0.0993 e. The Morgan fingerprint density at radius 1 is 0.250 bits per heavy atom. The summed E-state index contributed by atoms with van der Waals surface area (Å²) in [5, 5.41) is 37.3. The SMILES string of the molecule is Cc1cc(C)c(-c2ccc3c4ccc(-c5c(C)cc(C)cc5C)cc4n(-c4cc(C#N)cc(-n5c6cc(-c7c(C)cc(C)cc7C)ccc6c6ccc(-c7c(C)cc(C)cc7C)cc65)c4-c4cc(C#N)cc(C#N)c4)c3c2)c(C)c1. The van der Waals surface area contributed by atoms with Crippen LogP contribution in [0.15, 0.2) is 152 Å². The van der Waals surface area contributed by atoms with Crippen molar-refractivity contribution in [3.63, 3.8) is 0 Å². The van der Waals surface area contributed by atoms with Crippen LogP contribution >= 0.6 is 0 Å². The molecule has 0 unspecified atom stereocenters. The van der Waals surface area contributed by atoms with E-state index in [2.05, 4.69) is 232 Å². The van der Waals surface area contributed by atoms with Gasteiger partial charge in [-0.25, -0.2) is 0 Å². The van der Waals surface area contributed by atoms with Gasteiger partial charge in [-0.15, -0.1) is 0 Å². The molecule has 0 radical (unpaired) electrons. The first kappa shape index (κ1) is 51.1. The molecule has 0 fully saturated rings. The van der Waals surface area contributed by atoms with Gasteiger partial charge in [0.1, 0.15) is 0 Å². The van der Waals surface area contributed by atoms with E-state index >= 15 is 0 Å². The lowest BCUT2D eigenvalue weighted by molar-refractivity contribution is 1.13. The standard InChI is InChI=1S/C75H61N5/c1-41-21-45(5)71(46(6)22-41)56-13-17-61-62-18-14-57(72-47(7)23-42(2)24-48(72)8)35-66(62)79(65(61)34-56)69-32-55(40-78)33-70(75(69)60-30-53(38-76)29-54(31-60)39-77)80-67-36-58(73-49(9)25-43(3)26-50(73)10)15-19-63(67)64-20-16-59(37-68(64)80)74-51(11)27-44(4)28-52(74)12/h13-37H,1-12H3. The number of nitriles is 3. The third-order valence-corrected chi connectivity index (χ3v) is 16.6. The predicted molar refractivity (Wildman–Crippen MR) is 333 cm³/mol. The van der Waals surface area contributed by atoms with Gasteiger partial charge in [-0.2, -0.15) is 15.8 Å². The second-order valence-electron chi connectivity index (χ2n) is 22.7. The Morgan fingerprint density at radius 3 is 0.725 bits per heavy atom. The van der Waals surface area contributed by atoms with Crippen molar-refractivity contribution in [2.45, 2.75) is 83.1 Å². The van der Waals surface area contributed by atoms with Crippen molar-refractivity contribution in [2.75, 3.05) is 0 Å². The minimum Gasteiger partial charge on any atom is -0.308 e. The van der Waals surface area contributed by atoms with Crippen molar-refractivity contribution in [1.29, 1.82) is 15.8 Å². The van der Waals surface area contributed by atoms with Crippen LogP contribution in [0.25, 0.3) is 111 Å². The summed E-state index contributed by atoms with van der Waals surface area (Å²) in [5.41, 5.74) is 31.5. The van der Waals surface area contributed by atoms with Gasteiger partial charge in [0, 0.05) is 27.1 Å². The average molecular weight is 1030 g/mol. The summed E-state index contributed by atoms with van der Waals surface area (Å²) in [5.74, 6) is 0. The molecule has 10 aromatic carbocycles. The first-order chi connectivity index (χ1) is 38.4. The van der Waals surface area contributed by atoms with E-state index in [1.165, 1.54) is 89.0 Å². The van der Waals surface area contributed by atoms with E-state index in [0.717, 1.165) is 82.8 Å².